The first-order valence-electron chi connectivity index (χ1n) is 6.66. The summed E-state index contributed by atoms with van der Waals surface area (Å²) in [6.07, 6.45) is 0.965. The van der Waals surface area contributed by atoms with Gasteiger partial charge < -0.3 is 10.1 Å². The fraction of sp³-hybridized carbons (Fsp3) is 0.538. The van der Waals surface area contributed by atoms with Gasteiger partial charge in [-0.05, 0) is 18.6 Å². The van der Waals surface area contributed by atoms with Crippen molar-refractivity contribution in [2.75, 3.05) is 31.6 Å². The number of benzene rings is 1. The Morgan fingerprint density at radius 2 is 2.35 bits per heavy atom. The molecule has 3 rings (SSSR count). The Balaban J connectivity index is 1.73. The van der Waals surface area contributed by atoms with Gasteiger partial charge in [0.2, 0.25) is 0 Å². The van der Waals surface area contributed by atoms with Gasteiger partial charge in [-0.25, -0.2) is 0 Å². The maximum atomic E-state index is 11.1. The second kappa shape index (κ2) is 5.67. The lowest BCUT2D eigenvalue weighted by Gasteiger charge is -2.28. The summed E-state index contributed by atoms with van der Waals surface area (Å²) in [5, 5.41) is 14.4. The predicted molar refractivity (Wildman–Crippen MR) is 79.0 cm³/mol. The number of rotatable bonds is 3. The van der Waals surface area contributed by atoms with Crippen molar-refractivity contribution in [2.45, 2.75) is 18.5 Å². The van der Waals surface area contributed by atoms with Crippen molar-refractivity contribution >= 4 is 27.3 Å². The molecule has 0 aromatic heterocycles. The minimum absolute atomic E-state index is 0.112. The summed E-state index contributed by atoms with van der Waals surface area (Å²) in [6.45, 7) is 3.41. The topological polar surface area (TPSA) is 67.6 Å². The first-order chi connectivity index (χ1) is 9.63. The Hall–Kier alpha value is -1.18. The number of hydrogen-bond donors (Lipinski definition) is 1. The lowest BCUT2D eigenvalue weighted by atomic mass is 10.1. The van der Waals surface area contributed by atoms with Gasteiger partial charge in [0.05, 0.1) is 18.1 Å². The van der Waals surface area contributed by atoms with Crippen LogP contribution >= 0.6 is 15.9 Å². The number of nitro groups is 1. The van der Waals surface area contributed by atoms with Crippen LogP contribution in [0.3, 0.4) is 0 Å². The third-order valence-corrected chi connectivity index (χ3v) is 4.37. The van der Waals surface area contributed by atoms with Crippen molar-refractivity contribution in [1.29, 1.82) is 0 Å². The molecular weight excluding hydrogens is 326 g/mol. The summed E-state index contributed by atoms with van der Waals surface area (Å²) < 4.78 is 6.19. The number of fused-ring (bicyclic) bond motifs is 1. The lowest BCUT2D eigenvalue weighted by Crippen LogP contribution is -2.40. The fourth-order valence-electron chi connectivity index (χ4n) is 2.94. The van der Waals surface area contributed by atoms with Crippen LogP contribution in [0.15, 0.2) is 22.7 Å². The van der Waals surface area contributed by atoms with E-state index in [0.717, 1.165) is 32.7 Å². The summed E-state index contributed by atoms with van der Waals surface area (Å²) in [4.78, 5) is 13.2. The number of nitrogens with one attached hydrogen (secondary N) is 1. The maximum Gasteiger partial charge on any atom is 0.293 e. The van der Waals surface area contributed by atoms with E-state index < -0.39 is 0 Å². The van der Waals surface area contributed by atoms with Gasteiger partial charge in [0.25, 0.3) is 5.69 Å². The van der Waals surface area contributed by atoms with Gasteiger partial charge in [0, 0.05) is 35.7 Å². The molecular formula is C13H16BrN3O3. The van der Waals surface area contributed by atoms with Crippen LogP contribution in [0, 0.1) is 10.1 Å². The summed E-state index contributed by atoms with van der Waals surface area (Å²) in [5.74, 6) is 0. The third-order valence-electron chi connectivity index (χ3n) is 3.88. The molecule has 0 radical (unpaired) electrons. The Kier molecular flexibility index (Phi) is 3.91. The average molecular weight is 342 g/mol. The van der Waals surface area contributed by atoms with Crippen molar-refractivity contribution < 1.29 is 9.66 Å². The molecule has 2 fully saturated rings. The van der Waals surface area contributed by atoms with E-state index in [0.29, 0.717) is 16.2 Å². The normalized spacial score (nSPS) is 26.2. The van der Waals surface area contributed by atoms with Crippen molar-refractivity contribution in [1.82, 2.24) is 4.90 Å². The lowest BCUT2D eigenvalue weighted by molar-refractivity contribution is -0.384. The van der Waals surface area contributed by atoms with E-state index in [1.807, 2.05) is 6.07 Å². The quantitative estimate of drug-likeness (QED) is 0.674. The summed E-state index contributed by atoms with van der Waals surface area (Å²) in [6, 6.07) is 5.79. The minimum Gasteiger partial charge on any atom is -0.378 e. The largest absolute Gasteiger partial charge is 0.378 e. The molecule has 20 heavy (non-hydrogen) atoms. The van der Waals surface area contributed by atoms with Gasteiger partial charge in [-0.3, -0.25) is 15.0 Å². The van der Waals surface area contributed by atoms with Crippen molar-refractivity contribution in [3.8, 4) is 0 Å². The molecule has 2 saturated heterocycles. The zero-order chi connectivity index (χ0) is 14.1. The molecule has 0 unspecified atom stereocenters. The minimum atomic E-state index is -0.349. The van der Waals surface area contributed by atoms with Gasteiger partial charge in [-0.15, -0.1) is 0 Å². The van der Waals surface area contributed by atoms with E-state index in [-0.39, 0.29) is 16.7 Å². The first kappa shape index (κ1) is 13.8. The van der Waals surface area contributed by atoms with Crippen LogP contribution in [-0.2, 0) is 4.74 Å². The van der Waals surface area contributed by atoms with Gasteiger partial charge >= 0.3 is 0 Å². The maximum absolute atomic E-state index is 11.1. The fourth-order valence-corrected chi connectivity index (χ4v) is 3.28. The van der Waals surface area contributed by atoms with Gasteiger partial charge in [0.15, 0.2) is 0 Å². The SMILES string of the molecule is O=[N+]([O-])c1cc(Br)ccc1N[C@H]1C[C@H]2COCCN2C1. The Bertz CT molecular complexity index is 512. The van der Waals surface area contributed by atoms with Crippen LogP contribution in [0.2, 0.25) is 0 Å². The molecule has 7 heteroatoms. The number of nitro benzene ring substituents is 1. The van der Waals surface area contributed by atoms with Crippen LogP contribution in [-0.4, -0.2) is 48.2 Å². The summed E-state index contributed by atoms with van der Waals surface area (Å²) in [7, 11) is 0. The van der Waals surface area contributed by atoms with Gasteiger partial charge in [0.1, 0.15) is 5.69 Å². The predicted octanol–water partition coefficient (Wildman–Crippen LogP) is 2.24. The number of halogens is 1. The molecule has 2 heterocycles. The molecule has 0 amide bonds. The second-order valence-corrected chi connectivity index (χ2v) is 6.13. The molecule has 2 atom stereocenters. The van der Waals surface area contributed by atoms with E-state index in [4.69, 9.17) is 4.74 Å². The highest BCUT2D eigenvalue weighted by atomic mass is 79.9. The number of morpholine rings is 1. The molecule has 108 valence electrons. The number of anilines is 1. The summed E-state index contributed by atoms with van der Waals surface area (Å²) >= 11 is 3.27. The van der Waals surface area contributed by atoms with Crippen molar-refractivity contribution in [3.05, 3.63) is 32.8 Å². The monoisotopic (exact) mass is 341 g/mol. The van der Waals surface area contributed by atoms with Crippen LogP contribution < -0.4 is 5.32 Å². The first-order valence-corrected chi connectivity index (χ1v) is 7.45. The standard InChI is InChI=1S/C13H16BrN3O3/c14-9-1-2-12(13(5-9)17(18)19)15-10-6-11-8-20-4-3-16(11)7-10/h1-2,5,10-11,15H,3-4,6-8H2/t10-,11-/m0/s1. The zero-order valence-corrected chi connectivity index (χ0v) is 12.5. The molecule has 0 bridgehead atoms. The van der Waals surface area contributed by atoms with Crippen molar-refractivity contribution in [3.63, 3.8) is 0 Å². The average Bonchev–Trinajstić information content (AvgIpc) is 2.82. The third kappa shape index (κ3) is 2.79. The van der Waals surface area contributed by atoms with Gasteiger partial charge in [-0.2, -0.15) is 0 Å². The van der Waals surface area contributed by atoms with E-state index in [2.05, 4.69) is 26.1 Å². The molecule has 6 nitrogen and oxygen atoms in total. The van der Waals surface area contributed by atoms with Crippen LogP contribution in [0.5, 0.6) is 0 Å². The van der Waals surface area contributed by atoms with E-state index in [1.165, 1.54) is 6.07 Å². The Morgan fingerprint density at radius 3 is 3.10 bits per heavy atom. The number of hydrogen-bond acceptors (Lipinski definition) is 5. The van der Waals surface area contributed by atoms with Crippen molar-refractivity contribution in [2.24, 2.45) is 0 Å². The highest BCUT2D eigenvalue weighted by Gasteiger charge is 2.34. The van der Waals surface area contributed by atoms with Gasteiger partial charge in [-0.1, -0.05) is 15.9 Å². The van der Waals surface area contributed by atoms with E-state index in [1.54, 1.807) is 6.07 Å². The van der Waals surface area contributed by atoms with Crippen LogP contribution in [0.25, 0.3) is 0 Å². The smallest absolute Gasteiger partial charge is 0.293 e. The number of nitrogens with zero attached hydrogens (tertiary/aromatic N) is 2. The molecule has 0 saturated carbocycles. The number of ether oxygens (including phenoxy) is 1. The summed E-state index contributed by atoms with van der Waals surface area (Å²) in [5.41, 5.74) is 0.699. The highest BCUT2D eigenvalue weighted by molar-refractivity contribution is 9.10. The zero-order valence-electron chi connectivity index (χ0n) is 10.9. The molecule has 1 aromatic carbocycles. The molecule has 0 aliphatic carbocycles. The van der Waals surface area contributed by atoms with E-state index in [9.17, 15) is 10.1 Å². The molecule has 0 spiro atoms. The van der Waals surface area contributed by atoms with E-state index >= 15 is 0 Å². The highest BCUT2D eigenvalue weighted by Crippen LogP contribution is 2.31. The van der Waals surface area contributed by atoms with Crippen LogP contribution in [0.4, 0.5) is 11.4 Å². The van der Waals surface area contributed by atoms with Crippen LogP contribution in [0.1, 0.15) is 6.42 Å². The Morgan fingerprint density at radius 1 is 1.50 bits per heavy atom. The molecule has 1 N–H and O–H groups in total. The Labute approximate surface area is 125 Å². The molecule has 2 aliphatic rings. The molecule has 1 aromatic rings. The second-order valence-electron chi connectivity index (χ2n) is 5.22. The molecule has 2 aliphatic heterocycles.